The van der Waals surface area contributed by atoms with Gasteiger partial charge in [0.1, 0.15) is 0 Å². The van der Waals surface area contributed by atoms with E-state index in [1.54, 1.807) is 0 Å². The number of piperidine rings is 1. The van der Waals surface area contributed by atoms with Crippen molar-refractivity contribution in [3.63, 3.8) is 0 Å². The Morgan fingerprint density at radius 3 is 3.13 bits per heavy atom. The summed E-state index contributed by atoms with van der Waals surface area (Å²) in [5.74, 6) is 2.26. The van der Waals surface area contributed by atoms with Crippen molar-refractivity contribution in [1.29, 1.82) is 0 Å². The smallest absolute Gasteiger partial charge is 0.0502 e. The van der Waals surface area contributed by atoms with Crippen molar-refractivity contribution in [3.8, 4) is 0 Å². The lowest BCUT2D eigenvalue weighted by Gasteiger charge is -2.22. The first-order chi connectivity index (χ1) is 7.45. The molecule has 1 N–H and O–H groups in total. The van der Waals surface area contributed by atoms with Crippen molar-refractivity contribution >= 4 is 11.8 Å². The molecule has 0 amide bonds. The monoisotopic (exact) mass is 222 g/mol. The van der Waals surface area contributed by atoms with Crippen LogP contribution in [0.5, 0.6) is 0 Å². The summed E-state index contributed by atoms with van der Waals surface area (Å²) in [6, 6.07) is 6.85. The Kier molecular flexibility index (Phi) is 4.48. The minimum Gasteiger partial charge on any atom is -0.313 e. The minimum absolute atomic E-state index is 0.729. The number of aromatic nitrogens is 1. The molecule has 1 unspecified atom stereocenters. The van der Waals surface area contributed by atoms with Crippen LogP contribution in [0.3, 0.4) is 0 Å². The zero-order valence-corrected chi connectivity index (χ0v) is 9.80. The van der Waals surface area contributed by atoms with Crippen LogP contribution in [0.25, 0.3) is 0 Å². The molecule has 3 heteroatoms. The van der Waals surface area contributed by atoms with Crippen molar-refractivity contribution in [1.82, 2.24) is 10.3 Å². The molecule has 2 nitrogen and oxygen atoms in total. The Balaban J connectivity index is 1.66. The van der Waals surface area contributed by atoms with Gasteiger partial charge in [0.05, 0.1) is 5.69 Å². The average molecular weight is 222 g/mol. The highest BCUT2D eigenvalue weighted by atomic mass is 32.2. The number of thioether (sulfide) groups is 1. The van der Waals surface area contributed by atoms with Gasteiger partial charge < -0.3 is 5.32 Å². The van der Waals surface area contributed by atoms with E-state index in [-0.39, 0.29) is 0 Å². The number of pyridine rings is 1. The fourth-order valence-corrected chi connectivity index (χ4v) is 2.92. The Hall–Kier alpha value is -0.540. The SMILES string of the molecule is c1ccc(CSCC2CCCCN2)nc1. The quantitative estimate of drug-likeness (QED) is 0.847. The molecule has 1 aliphatic heterocycles. The summed E-state index contributed by atoms with van der Waals surface area (Å²) in [5.41, 5.74) is 1.19. The van der Waals surface area contributed by atoms with Gasteiger partial charge in [-0.15, -0.1) is 0 Å². The molecule has 15 heavy (non-hydrogen) atoms. The van der Waals surface area contributed by atoms with Gasteiger partial charge in [0.25, 0.3) is 0 Å². The molecule has 0 spiro atoms. The number of nitrogens with zero attached hydrogens (tertiary/aromatic N) is 1. The Labute approximate surface area is 95.9 Å². The summed E-state index contributed by atoms with van der Waals surface area (Å²) in [6.45, 7) is 1.20. The van der Waals surface area contributed by atoms with Crippen molar-refractivity contribution in [2.45, 2.75) is 31.1 Å². The van der Waals surface area contributed by atoms with Crippen LogP contribution >= 0.6 is 11.8 Å². The van der Waals surface area contributed by atoms with Gasteiger partial charge in [-0.1, -0.05) is 12.5 Å². The predicted octanol–water partition coefficient (Wildman–Crippen LogP) is 2.46. The van der Waals surface area contributed by atoms with E-state index in [4.69, 9.17) is 0 Å². The zero-order valence-electron chi connectivity index (χ0n) is 8.98. The summed E-state index contributed by atoms with van der Waals surface area (Å²) in [7, 11) is 0. The maximum absolute atomic E-state index is 4.32. The molecule has 1 aromatic rings. The standard InChI is InChI=1S/C12H18N2S/c1-3-7-13-11(5-1)9-15-10-12-6-2-4-8-14-12/h1,3,5,7,12,14H,2,4,6,8-10H2. The highest BCUT2D eigenvalue weighted by Crippen LogP contribution is 2.15. The summed E-state index contributed by atoms with van der Waals surface area (Å²) in [5, 5.41) is 3.56. The molecule has 1 aromatic heterocycles. The molecule has 1 atom stereocenters. The largest absolute Gasteiger partial charge is 0.313 e. The summed E-state index contributed by atoms with van der Waals surface area (Å²) < 4.78 is 0. The molecule has 1 fully saturated rings. The number of hydrogen-bond donors (Lipinski definition) is 1. The van der Waals surface area contributed by atoms with Crippen LogP contribution in [0.1, 0.15) is 25.0 Å². The van der Waals surface area contributed by atoms with Crippen LogP contribution in [0.2, 0.25) is 0 Å². The maximum atomic E-state index is 4.32. The second-order valence-electron chi connectivity index (χ2n) is 3.98. The van der Waals surface area contributed by atoms with E-state index < -0.39 is 0 Å². The number of nitrogens with one attached hydrogen (secondary N) is 1. The maximum Gasteiger partial charge on any atom is 0.0502 e. The van der Waals surface area contributed by atoms with Gasteiger partial charge in [-0.05, 0) is 31.5 Å². The summed E-state index contributed by atoms with van der Waals surface area (Å²) in [6.07, 6.45) is 5.95. The Bertz CT molecular complexity index is 270. The van der Waals surface area contributed by atoms with Crippen LogP contribution in [-0.4, -0.2) is 23.3 Å². The van der Waals surface area contributed by atoms with E-state index in [0.29, 0.717) is 0 Å². The molecule has 0 radical (unpaired) electrons. The molecular weight excluding hydrogens is 204 g/mol. The second-order valence-corrected chi connectivity index (χ2v) is 5.01. The van der Waals surface area contributed by atoms with E-state index in [9.17, 15) is 0 Å². The molecule has 0 aromatic carbocycles. The topological polar surface area (TPSA) is 24.9 Å². The predicted molar refractivity (Wildman–Crippen MR) is 66.0 cm³/mol. The van der Waals surface area contributed by atoms with Crippen LogP contribution in [0.4, 0.5) is 0 Å². The second kappa shape index (κ2) is 6.13. The summed E-state index contributed by atoms with van der Waals surface area (Å²) in [4.78, 5) is 4.32. The fourth-order valence-electron chi connectivity index (χ4n) is 1.86. The molecule has 82 valence electrons. The van der Waals surface area contributed by atoms with E-state index in [1.165, 1.54) is 37.3 Å². The first-order valence-corrected chi connectivity index (χ1v) is 6.81. The summed E-state index contributed by atoms with van der Waals surface area (Å²) >= 11 is 1.99. The first-order valence-electron chi connectivity index (χ1n) is 5.66. The van der Waals surface area contributed by atoms with Gasteiger partial charge in [-0.3, -0.25) is 4.98 Å². The lowest BCUT2D eigenvalue weighted by molar-refractivity contribution is 0.430. The Morgan fingerprint density at radius 1 is 1.40 bits per heavy atom. The van der Waals surface area contributed by atoms with Crippen molar-refractivity contribution in [3.05, 3.63) is 30.1 Å². The van der Waals surface area contributed by atoms with Gasteiger partial charge in [-0.25, -0.2) is 0 Å². The van der Waals surface area contributed by atoms with Crippen molar-refractivity contribution < 1.29 is 0 Å². The number of hydrogen-bond acceptors (Lipinski definition) is 3. The van der Waals surface area contributed by atoms with E-state index in [0.717, 1.165) is 11.8 Å². The molecule has 0 saturated carbocycles. The third-order valence-corrected chi connectivity index (χ3v) is 3.85. The van der Waals surface area contributed by atoms with Crippen molar-refractivity contribution in [2.24, 2.45) is 0 Å². The molecule has 0 bridgehead atoms. The molecule has 0 aliphatic carbocycles. The first kappa shape index (κ1) is 11.0. The van der Waals surface area contributed by atoms with Crippen LogP contribution in [-0.2, 0) is 5.75 Å². The highest BCUT2D eigenvalue weighted by molar-refractivity contribution is 7.98. The minimum atomic E-state index is 0.729. The van der Waals surface area contributed by atoms with Crippen molar-refractivity contribution in [2.75, 3.05) is 12.3 Å². The van der Waals surface area contributed by atoms with E-state index >= 15 is 0 Å². The lowest BCUT2D eigenvalue weighted by Crippen LogP contribution is -2.35. The zero-order chi connectivity index (χ0) is 10.3. The van der Waals surface area contributed by atoms with E-state index in [1.807, 2.05) is 24.0 Å². The molecule has 1 saturated heterocycles. The van der Waals surface area contributed by atoms with Crippen LogP contribution in [0, 0.1) is 0 Å². The number of rotatable bonds is 4. The van der Waals surface area contributed by atoms with Gasteiger partial charge in [0.2, 0.25) is 0 Å². The fraction of sp³-hybridized carbons (Fsp3) is 0.583. The van der Waals surface area contributed by atoms with E-state index in [2.05, 4.69) is 22.4 Å². The molecule has 1 aliphatic rings. The van der Waals surface area contributed by atoms with Gasteiger partial charge in [0.15, 0.2) is 0 Å². The lowest BCUT2D eigenvalue weighted by atomic mass is 10.1. The van der Waals surface area contributed by atoms with Gasteiger partial charge in [0, 0.05) is 23.7 Å². The Morgan fingerprint density at radius 2 is 2.40 bits per heavy atom. The van der Waals surface area contributed by atoms with Crippen LogP contribution in [0.15, 0.2) is 24.4 Å². The van der Waals surface area contributed by atoms with Gasteiger partial charge >= 0.3 is 0 Å². The third kappa shape index (κ3) is 3.84. The highest BCUT2D eigenvalue weighted by Gasteiger charge is 2.11. The molecule has 2 rings (SSSR count). The van der Waals surface area contributed by atoms with Gasteiger partial charge in [-0.2, -0.15) is 11.8 Å². The molecule has 2 heterocycles. The van der Waals surface area contributed by atoms with Crippen LogP contribution < -0.4 is 5.32 Å². The third-order valence-electron chi connectivity index (χ3n) is 2.71. The molecular formula is C12H18N2S. The average Bonchev–Trinajstić information content (AvgIpc) is 2.32. The normalized spacial score (nSPS) is 21.5.